The Morgan fingerprint density at radius 2 is 1.65 bits per heavy atom. The Labute approximate surface area is 188 Å². The van der Waals surface area contributed by atoms with E-state index in [2.05, 4.69) is 16.7 Å². The van der Waals surface area contributed by atoms with Crippen LogP contribution in [0.1, 0.15) is 71.1 Å². The molecule has 9 atom stereocenters. The average molecular weight is 433 g/mol. The monoisotopic (exact) mass is 432 g/mol. The van der Waals surface area contributed by atoms with E-state index >= 15 is 0 Å². The summed E-state index contributed by atoms with van der Waals surface area (Å²) in [4.78, 5) is 5.22. The standard InChI is InChI=1S/C26H44N2O3/c1-25-17-23(28-10-12-31-13-11-28)24(29)14-18(25)4-5-20-21(25)6-7-26(30)16-19(15-22(20)26)27-8-2-3-9-27/h18-24,29-30H,2-17H2,1H3/t18-,19-,20?,21?,22?,23-,24-,25-,26-/m0/s1. The average Bonchev–Trinajstić information content (AvgIpc) is 3.42. The third kappa shape index (κ3) is 3.44. The molecule has 0 spiro atoms. The molecule has 6 rings (SSSR count). The van der Waals surface area contributed by atoms with E-state index < -0.39 is 5.60 Å². The van der Waals surface area contributed by atoms with Crippen LogP contribution in [0.3, 0.4) is 0 Å². The SMILES string of the molecule is C[C@]12C[C@H](N3CCOCC3)[C@@H](O)C[C@@H]1CCC1C3C[C@H](N4CCCC4)C[C@@]3(O)CCC12. The molecule has 3 unspecified atom stereocenters. The lowest BCUT2D eigenvalue weighted by molar-refractivity contribution is -0.168. The van der Waals surface area contributed by atoms with Crippen molar-refractivity contribution in [2.75, 3.05) is 39.4 Å². The molecule has 5 nitrogen and oxygen atoms in total. The van der Waals surface area contributed by atoms with Crippen LogP contribution in [0.2, 0.25) is 0 Å². The lowest BCUT2D eigenvalue weighted by Crippen LogP contribution is -2.61. The van der Waals surface area contributed by atoms with Crippen molar-refractivity contribution in [1.82, 2.24) is 9.80 Å². The Bertz CT molecular complexity index is 663. The number of hydrogen-bond donors (Lipinski definition) is 2. The van der Waals surface area contributed by atoms with Gasteiger partial charge in [0.05, 0.1) is 24.9 Å². The molecule has 0 aromatic carbocycles. The number of nitrogens with zero attached hydrogens (tertiary/aromatic N) is 2. The third-order valence-corrected chi connectivity index (χ3v) is 11.1. The highest BCUT2D eigenvalue weighted by atomic mass is 16.5. The second-order valence-corrected chi connectivity index (χ2v) is 12.4. The first kappa shape index (κ1) is 21.3. The highest BCUT2D eigenvalue weighted by molar-refractivity contribution is 5.13. The molecule has 2 aliphatic heterocycles. The van der Waals surface area contributed by atoms with E-state index in [4.69, 9.17) is 4.74 Å². The molecule has 31 heavy (non-hydrogen) atoms. The van der Waals surface area contributed by atoms with E-state index in [1.165, 1.54) is 51.6 Å². The van der Waals surface area contributed by atoms with Crippen LogP contribution in [-0.4, -0.2) is 83.2 Å². The maximum absolute atomic E-state index is 11.8. The number of aliphatic hydroxyl groups is 2. The summed E-state index contributed by atoms with van der Waals surface area (Å²) in [6.45, 7) is 8.63. The lowest BCUT2D eigenvalue weighted by atomic mass is 9.46. The normalized spacial score (nSPS) is 53.7. The van der Waals surface area contributed by atoms with Gasteiger partial charge in [-0.15, -0.1) is 0 Å². The number of hydrogen-bond acceptors (Lipinski definition) is 5. The van der Waals surface area contributed by atoms with E-state index in [1.54, 1.807) is 0 Å². The van der Waals surface area contributed by atoms with Gasteiger partial charge in [0.15, 0.2) is 0 Å². The zero-order valence-electron chi connectivity index (χ0n) is 19.6. The second kappa shape index (κ2) is 7.94. The Hall–Kier alpha value is -0.200. The summed E-state index contributed by atoms with van der Waals surface area (Å²) in [5.41, 5.74) is -0.0897. The Balaban J connectivity index is 1.23. The maximum atomic E-state index is 11.8. The number of morpholine rings is 1. The van der Waals surface area contributed by atoms with E-state index in [-0.39, 0.29) is 6.10 Å². The van der Waals surface area contributed by atoms with Crippen molar-refractivity contribution in [1.29, 1.82) is 0 Å². The minimum atomic E-state index is -0.407. The Kier molecular flexibility index (Phi) is 5.46. The summed E-state index contributed by atoms with van der Waals surface area (Å²) in [6, 6.07) is 0.918. The fourth-order valence-corrected chi connectivity index (χ4v) is 9.57. The predicted octanol–water partition coefficient (Wildman–Crippen LogP) is 2.89. The molecule has 6 fully saturated rings. The van der Waals surface area contributed by atoms with Crippen LogP contribution >= 0.6 is 0 Å². The van der Waals surface area contributed by atoms with Crippen LogP contribution in [0.15, 0.2) is 0 Å². The molecule has 5 heteroatoms. The Morgan fingerprint density at radius 1 is 0.871 bits per heavy atom. The van der Waals surface area contributed by atoms with Crippen LogP contribution in [0.5, 0.6) is 0 Å². The zero-order valence-corrected chi connectivity index (χ0v) is 19.6. The van der Waals surface area contributed by atoms with E-state index in [1.807, 2.05) is 0 Å². The smallest absolute Gasteiger partial charge is 0.0698 e. The van der Waals surface area contributed by atoms with Crippen LogP contribution < -0.4 is 0 Å². The quantitative estimate of drug-likeness (QED) is 0.703. The molecule has 0 radical (unpaired) electrons. The van der Waals surface area contributed by atoms with Gasteiger partial charge in [-0.05, 0) is 106 Å². The van der Waals surface area contributed by atoms with Gasteiger partial charge in [-0.1, -0.05) is 6.92 Å². The zero-order chi connectivity index (χ0) is 21.2. The summed E-state index contributed by atoms with van der Waals surface area (Å²) >= 11 is 0. The maximum Gasteiger partial charge on any atom is 0.0698 e. The van der Waals surface area contributed by atoms with E-state index in [0.717, 1.165) is 57.9 Å². The van der Waals surface area contributed by atoms with Crippen molar-refractivity contribution < 1.29 is 14.9 Å². The third-order valence-electron chi connectivity index (χ3n) is 11.1. The van der Waals surface area contributed by atoms with Gasteiger partial charge in [0.2, 0.25) is 0 Å². The van der Waals surface area contributed by atoms with Gasteiger partial charge in [-0.2, -0.15) is 0 Å². The fourth-order valence-electron chi connectivity index (χ4n) is 9.57. The molecule has 0 bridgehead atoms. The highest BCUT2D eigenvalue weighted by Gasteiger charge is 2.62. The lowest BCUT2D eigenvalue weighted by Gasteiger charge is -2.61. The predicted molar refractivity (Wildman–Crippen MR) is 121 cm³/mol. The molecular weight excluding hydrogens is 388 g/mol. The van der Waals surface area contributed by atoms with Gasteiger partial charge in [-0.25, -0.2) is 0 Å². The Morgan fingerprint density at radius 3 is 2.42 bits per heavy atom. The van der Waals surface area contributed by atoms with Crippen molar-refractivity contribution in [3.8, 4) is 0 Å². The van der Waals surface area contributed by atoms with Gasteiger partial charge >= 0.3 is 0 Å². The summed E-state index contributed by atoms with van der Waals surface area (Å²) in [6.07, 6.45) is 11.6. The molecule has 2 heterocycles. The molecular formula is C26H44N2O3. The molecule has 176 valence electrons. The van der Waals surface area contributed by atoms with E-state index in [0.29, 0.717) is 35.3 Å². The molecule has 4 saturated carbocycles. The van der Waals surface area contributed by atoms with Crippen molar-refractivity contribution in [2.45, 2.75) is 94.9 Å². The molecule has 6 aliphatic rings. The molecule has 4 aliphatic carbocycles. The topological polar surface area (TPSA) is 56.2 Å². The fraction of sp³-hybridized carbons (Fsp3) is 1.00. The van der Waals surface area contributed by atoms with Gasteiger partial charge in [0, 0.05) is 25.2 Å². The number of aliphatic hydroxyl groups excluding tert-OH is 1. The van der Waals surface area contributed by atoms with Crippen LogP contribution in [0, 0.1) is 29.1 Å². The van der Waals surface area contributed by atoms with Gasteiger partial charge in [-0.3, -0.25) is 4.90 Å². The minimum absolute atomic E-state index is 0.181. The molecule has 2 N–H and O–H groups in total. The largest absolute Gasteiger partial charge is 0.391 e. The summed E-state index contributed by atoms with van der Waals surface area (Å²) < 4.78 is 5.60. The molecule has 0 amide bonds. The van der Waals surface area contributed by atoms with Gasteiger partial charge in [0.1, 0.15) is 0 Å². The minimum Gasteiger partial charge on any atom is -0.391 e. The van der Waals surface area contributed by atoms with Gasteiger partial charge < -0.3 is 19.8 Å². The summed E-state index contributed by atoms with van der Waals surface area (Å²) in [7, 11) is 0. The number of likely N-dealkylation sites (tertiary alicyclic amines) is 1. The first-order valence-corrected chi connectivity index (χ1v) is 13.4. The number of fused-ring (bicyclic) bond motifs is 5. The number of ether oxygens (including phenoxy) is 1. The van der Waals surface area contributed by atoms with Crippen molar-refractivity contribution >= 4 is 0 Å². The molecule has 0 aromatic heterocycles. The van der Waals surface area contributed by atoms with Crippen molar-refractivity contribution in [3.05, 3.63) is 0 Å². The van der Waals surface area contributed by atoms with Gasteiger partial charge in [0.25, 0.3) is 0 Å². The van der Waals surface area contributed by atoms with E-state index in [9.17, 15) is 10.2 Å². The van der Waals surface area contributed by atoms with Crippen LogP contribution in [0.25, 0.3) is 0 Å². The summed E-state index contributed by atoms with van der Waals surface area (Å²) in [5.74, 6) is 2.57. The number of rotatable bonds is 2. The van der Waals surface area contributed by atoms with Crippen LogP contribution in [-0.2, 0) is 4.74 Å². The van der Waals surface area contributed by atoms with Crippen molar-refractivity contribution in [2.24, 2.45) is 29.1 Å². The second-order valence-electron chi connectivity index (χ2n) is 12.4. The van der Waals surface area contributed by atoms with Crippen LogP contribution in [0.4, 0.5) is 0 Å². The first-order valence-electron chi connectivity index (χ1n) is 13.4. The highest BCUT2D eigenvalue weighted by Crippen LogP contribution is 2.64. The molecule has 2 saturated heterocycles. The summed E-state index contributed by atoms with van der Waals surface area (Å²) in [5, 5.41) is 22.9. The van der Waals surface area contributed by atoms with Crippen molar-refractivity contribution in [3.63, 3.8) is 0 Å². The first-order chi connectivity index (χ1) is 15.0. The molecule has 0 aromatic rings.